The highest BCUT2D eigenvalue weighted by Crippen LogP contribution is 2.24. The van der Waals surface area contributed by atoms with Gasteiger partial charge in [0.25, 0.3) is 0 Å². The van der Waals surface area contributed by atoms with Crippen LogP contribution in [-0.2, 0) is 6.61 Å². The molecule has 7 heteroatoms. The minimum atomic E-state index is -4.38. The number of nitrogen functional groups attached to an aromatic ring is 1. The van der Waals surface area contributed by atoms with Gasteiger partial charge in [0, 0.05) is 17.4 Å². The van der Waals surface area contributed by atoms with Gasteiger partial charge in [-0.15, -0.1) is 0 Å². The summed E-state index contributed by atoms with van der Waals surface area (Å²) in [5.41, 5.74) is 7.21. The van der Waals surface area contributed by atoms with Crippen molar-refractivity contribution >= 4 is 5.69 Å². The molecule has 0 unspecified atom stereocenters. The number of aromatic nitrogens is 1. The van der Waals surface area contributed by atoms with Crippen molar-refractivity contribution in [2.75, 3.05) is 12.3 Å². The van der Waals surface area contributed by atoms with Crippen molar-refractivity contribution in [2.24, 2.45) is 0 Å². The molecule has 0 fully saturated rings. The zero-order valence-electron chi connectivity index (χ0n) is 11.9. The molecule has 0 saturated carbocycles. The van der Waals surface area contributed by atoms with E-state index in [1.807, 2.05) is 0 Å². The Morgan fingerprint density at radius 2 is 1.77 bits per heavy atom. The van der Waals surface area contributed by atoms with Gasteiger partial charge < -0.3 is 15.2 Å². The second kappa shape index (κ2) is 6.55. The maximum absolute atomic E-state index is 12.2. The standard InChI is InChI=1S/C15H15F3N2O2/c1-10-13(8-21-12-4-2-11(19)3-5-12)20-7-6-14(10)22-9-15(16,17)18/h2-7H,8-9,19H2,1H3. The van der Waals surface area contributed by atoms with Gasteiger partial charge in [0.15, 0.2) is 6.61 Å². The quantitative estimate of drug-likeness (QED) is 0.859. The summed E-state index contributed by atoms with van der Waals surface area (Å²) in [6, 6.07) is 8.19. The van der Waals surface area contributed by atoms with Crippen LogP contribution in [0.3, 0.4) is 0 Å². The average molecular weight is 312 g/mol. The van der Waals surface area contributed by atoms with Gasteiger partial charge in [-0.2, -0.15) is 13.2 Å². The van der Waals surface area contributed by atoms with Gasteiger partial charge in [-0.05, 0) is 37.3 Å². The highest BCUT2D eigenvalue weighted by atomic mass is 19.4. The summed E-state index contributed by atoms with van der Waals surface area (Å²) in [5.74, 6) is 0.736. The highest BCUT2D eigenvalue weighted by Gasteiger charge is 2.28. The molecule has 0 saturated heterocycles. The largest absolute Gasteiger partial charge is 0.487 e. The average Bonchev–Trinajstić information content (AvgIpc) is 2.46. The maximum Gasteiger partial charge on any atom is 0.422 e. The number of anilines is 1. The minimum Gasteiger partial charge on any atom is -0.487 e. The van der Waals surface area contributed by atoms with Crippen LogP contribution in [0.1, 0.15) is 11.3 Å². The van der Waals surface area contributed by atoms with E-state index in [4.69, 9.17) is 15.2 Å². The lowest BCUT2D eigenvalue weighted by Gasteiger charge is -2.14. The number of nitrogens with two attached hydrogens (primary N) is 1. The topological polar surface area (TPSA) is 57.4 Å². The zero-order valence-corrected chi connectivity index (χ0v) is 11.9. The lowest BCUT2D eigenvalue weighted by Crippen LogP contribution is -2.19. The molecule has 2 aromatic rings. The molecule has 0 aliphatic rings. The molecule has 1 heterocycles. The second-order valence-corrected chi connectivity index (χ2v) is 4.64. The summed E-state index contributed by atoms with van der Waals surface area (Å²) in [7, 11) is 0. The molecule has 1 aromatic carbocycles. The molecular formula is C15H15F3N2O2. The predicted molar refractivity (Wildman–Crippen MR) is 75.7 cm³/mol. The molecule has 0 radical (unpaired) electrons. The normalized spacial score (nSPS) is 11.3. The summed E-state index contributed by atoms with van der Waals surface area (Å²) in [6.45, 7) is 0.426. The SMILES string of the molecule is Cc1c(OCC(F)(F)F)ccnc1COc1ccc(N)cc1. The molecule has 0 bridgehead atoms. The van der Waals surface area contributed by atoms with Crippen LogP contribution < -0.4 is 15.2 Å². The lowest BCUT2D eigenvalue weighted by molar-refractivity contribution is -0.153. The molecule has 4 nitrogen and oxygen atoms in total. The van der Waals surface area contributed by atoms with Crippen LogP contribution in [0.2, 0.25) is 0 Å². The fraction of sp³-hybridized carbons (Fsp3) is 0.267. The second-order valence-electron chi connectivity index (χ2n) is 4.64. The summed E-state index contributed by atoms with van der Waals surface area (Å²) in [5, 5.41) is 0. The number of pyridine rings is 1. The third kappa shape index (κ3) is 4.54. The van der Waals surface area contributed by atoms with Crippen LogP contribution in [0.4, 0.5) is 18.9 Å². The van der Waals surface area contributed by atoms with Gasteiger partial charge in [0.05, 0.1) is 5.69 Å². The Bertz CT molecular complexity index is 628. The van der Waals surface area contributed by atoms with Crippen molar-refractivity contribution in [2.45, 2.75) is 19.7 Å². The van der Waals surface area contributed by atoms with Crippen LogP contribution in [0.5, 0.6) is 11.5 Å². The first-order valence-corrected chi connectivity index (χ1v) is 6.47. The van der Waals surface area contributed by atoms with Crippen LogP contribution in [0.25, 0.3) is 0 Å². The first-order valence-electron chi connectivity index (χ1n) is 6.47. The Kier molecular flexibility index (Phi) is 4.75. The number of alkyl halides is 3. The van der Waals surface area contributed by atoms with Crippen LogP contribution in [-0.4, -0.2) is 17.8 Å². The Balaban J connectivity index is 2.03. The van der Waals surface area contributed by atoms with Crippen LogP contribution in [0.15, 0.2) is 36.5 Å². The summed E-state index contributed by atoms with van der Waals surface area (Å²) >= 11 is 0. The molecule has 2 rings (SSSR count). The summed E-state index contributed by atoms with van der Waals surface area (Å²) in [4.78, 5) is 4.11. The molecule has 0 aliphatic carbocycles. The van der Waals surface area contributed by atoms with E-state index in [0.29, 0.717) is 22.7 Å². The van der Waals surface area contributed by atoms with Gasteiger partial charge in [-0.1, -0.05) is 0 Å². The number of ether oxygens (including phenoxy) is 2. The monoisotopic (exact) mass is 312 g/mol. The van der Waals surface area contributed by atoms with E-state index >= 15 is 0 Å². The van der Waals surface area contributed by atoms with Crippen LogP contribution >= 0.6 is 0 Å². The van der Waals surface area contributed by atoms with Gasteiger partial charge in [0.2, 0.25) is 0 Å². The number of nitrogens with zero attached hydrogens (tertiary/aromatic N) is 1. The molecular weight excluding hydrogens is 297 g/mol. The van der Waals surface area contributed by atoms with E-state index in [0.717, 1.165) is 0 Å². The van der Waals surface area contributed by atoms with E-state index < -0.39 is 12.8 Å². The summed E-state index contributed by atoms with van der Waals surface area (Å²) < 4.78 is 46.9. The van der Waals surface area contributed by atoms with Crippen molar-refractivity contribution < 1.29 is 22.6 Å². The Labute approximate surface area is 125 Å². The number of benzene rings is 1. The predicted octanol–water partition coefficient (Wildman–Crippen LogP) is 3.49. The number of rotatable bonds is 5. The molecule has 22 heavy (non-hydrogen) atoms. The molecule has 0 spiro atoms. The molecule has 1 aromatic heterocycles. The molecule has 0 amide bonds. The van der Waals surface area contributed by atoms with Crippen LogP contribution in [0, 0.1) is 6.92 Å². The maximum atomic E-state index is 12.2. The van der Waals surface area contributed by atoms with E-state index in [1.54, 1.807) is 31.2 Å². The lowest BCUT2D eigenvalue weighted by atomic mass is 10.2. The zero-order chi connectivity index (χ0) is 16.2. The molecule has 0 atom stereocenters. The smallest absolute Gasteiger partial charge is 0.422 e. The number of hydrogen-bond donors (Lipinski definition) is 1. The Morgan fingerprint density at radius 3 is 2.41 bits per heavy atom. The van der Waals surface area contributed by atoms with Crippen molar-refractivity contribution in [3.63, 3.8) is 0 Å². The van der Waals surface area contributed by atoms with Gasteiger partial charge >= 0.3 is 6.18 Å². The summed E-state index contributed by atoms with van der Waals surface area (Å²) in [6.07, 6.45) is -2.99. The van der Waals surface area contributed by atoms with E-state index in [-0.39, 0.29) is 12.4 Å². The molecule has 118 valence electrons. The van der Waals surface area contributed by atoms with Gasteiger partial charge in [-0.3, -0.25) is 4.98 Å². The van der Waals surface area contributed by atoms with Crippen molar-refractivity contribution in [3.05, 3.63) is 47.8 Å². The molecule has 0 aliphatic heterocycles. The minimum absolute atomic E-state index is 0.124. The number of halogens is 3. The Morgan fingerprint density at radius 1 is 1.09 bits per heavy atom. The number of hydrogen-bond acceptors (Lipinski definition) is 4. The third-order valence-corrected chi connectivity index (χ3v) is 2.91. The van der Waals surface area contributed by atoms with Crippen molar-refractivity contribution in [1.82, 2.24) is 4.98 Å². The van der Waals surface area contributed by atoms with Crippen molar-refractivity contribution in [1.29, 1.82) is 0 Å². The van der Waals surface area contributed by atoms with E-state index in [9.17, 15) is 13.2 Å². The van der Waals surface area contributed by atoms with Gasteiger partial charge in [-0.25, -0.2) is 0 Å². The van der Waals surface area contributed by atoms with E-state index in [2.05, 4.69) is 4.98 Å². The highest BCUT2D eigenvalue weighted by molar-refractivity contribution is 5.41. The molecule has 2 N–H and O–H groups in total. The first-order chi connectivity index (χ1) is 10.3. The Hall–Kier alpha value is -2.44. The van der Waals surface area contributed by atoms with Gasteiger partial charge in [0.1, 0.15) is 18.1 Å². The van der Waals surface area contributed by atoms with Crippen molar-refractivity contribution in [3.8, 4) is 11.5 Å². The first kappa shape index (κ1) is 15.9. The third-order valence-electron chi connectivity index (χ3n) is 2.91. The van der Waals surface area contributed by atoms with E-state index in [1.165, 1.54) is 12.3 Å². The fourth-order valence-electron chi connectivity index (χ4n) is 1.74. The fourth-order valence-corrected chi connectivity index (χ4v) is 1.74.